The minimum atomic E-state index is 0.442. The topological polar surface area (TPSA) is 75.8 Å². The monoisotopic (exact) mass is 290 g/mol. The Balaban J connectivity index is 2.30. The fraction of sp³-hybridized carbons (Fsp3) is 0.267. The number of nitrogens with two attached hydrogens (primary N) is 1. The lowest BCUT2D eigenvalue weighted by atomic mass is 10.2. The Morgan fingerprint density at radius 1 is 1.00 bits per heavy atom. The van der Waals surface area contributed by atoms with Gasteiger partial charge in [-0.05, 0) is 5.56 Å². The molecule has 1 aromatic carbocycles. The molecule has 0 aliphatic carbocycles. The third-order valence-corrected chi connectivity index (χ3v) is 2.89. The van der Waals surface area contributed by atoms with Crippen molar-refractivity contribution in [2.75, 3.05) is 21.3 Å². The van der Waals surface area contributed by atoms with Gasteiger partial charge in [0, 0.05) is 30.9 Å². The van der Waals surface area contributed by atoms with Crippen molar-refractivity contribution in [1.29, 1.82) is 0 Å². The summed E-state index contributed by atoms with van der Waals surface area (Å²) in [7, 11) is 4.65. The van der Waals surface area contributed by atoms with Gasteiger partial charge in [0.05, 0.1) is 21.3 Å². The Morgan fingerprint density at radius 3 is 2.10 bits per heavy atom. The van der Waals surface area contributed by atoms with E-state index < -0.39 is 0 Å². The van der Waals surface area contributed by atoms with Crippen LogP contribution in [0, 0.1) is 0 Å². The van der Waals surface area contributed by atoms with Crippen molar-refractivity contribution in [3.8, 4) is 28.9 Å². The maximum atomic E-state index is 5.69. The SMILES string of the molecule is COc1cc(Oc2ccc(CN)cn2)cc(OC)c1OC. The van der Waals surface area contributed by atoms with E-state index >= 15 is 0 Å². The summed E-state index contributed by atoms with van der Waals surface area (Å²) in [6.45, 7) is 0.442. The van der Waals surface area contributed by atoms with Gasteiger partial charge in [0.2, 0.25) is 11.6 Å². The van der Waals surface area contributed by atoms with Crippen LogP contribution in [0.5, 0.6) is 28.9 Å². The van der Waals surface area contributed by atoms with Crippen LogP contribution in [0.15, 0.2) is 30.5 Å². The molecule has 0 bridgehead atoms. The van der Waals surface area contributed by atoms with E-state index in [2.05, 4.69) is 4.98 Å². The highest BCUT2D eigenvalue weighted by molar-refractivity contribution is 5.56. The van der Waals surface area contributed by atoms with Gasteiger partial charge >= 0.3 is 0 Å². The molecule has 0 amide bonds. The van der Waals surface area contributed by atoms with E-state index in [1.807, 2.05) is 6.07 Å². The molecule has 0 fully saturated rings. The molecule has 0 unspecified atom stereocenters. The summed E-state index contributed by atoms with van der Waals surface area (Å²) >= 11 is 0. The van der Waals surface area contributed by atoms with Crippen LogP contribution in [0.1, 0.15) is 5.56 Å². The summed E-state index contributed by atoms with van der Waals surface area (Å²) in [5.74, 6) is 2.55. The van der Waals surface area contributed by atoms with Crippen molar-refractivity contribution in [3.63, 3.8) is 0 Å². The first kappa shape index (κ1) is 14.9. The Kier molecular flexibility index (Phi) is 4.84. The lowest BCUT2D eigenvalue weighted by molar-refractivity contribution is 0.320. The van der Waals surface area contributed by atoms with Crippen LogP contribution in [0.3, 0.4) is 0 Å². The molecule has 0 saturated carbocycles. The van der Waals surface area contributed by atoms with Crippen molar-refractivity contribution in [2.24, 2.45) is 5.73 Å². The second-order valence-corrected chi connectivity index (χ2v) is 4.17. The normalized spacial score (nSPS) is 10.1. The van der Waals surface area contributed by atoms with Gasteiger partial charge in [0.25, 0.3) is 0 Å². The Bertz CT molecular complexity index is 574. The molecule has 6 heteroatoms. The van der Waals surface area contributed by atoms with Gasteiger partial charge in [-0.25, -0.2) is 4.98 Å². The fourth-order valence-electron chi connectivity index (χ4n) is 1.83. The van der Waals surface area contributed by atoms with Gasteiger partial charge in [-0.3, -0.25) is 0 Å². The number of pyridine rings is 1. The van der Waals surface area contributed by atoms with E-state index in [0.717, 1.165) is 5.56 Å². The summed E-state index contributed by atoms with van der Waals surface area (Å²) in [6, 6.07) is 7.03. The van der Waals surface area contributed by atoms with Gasteiger partial charge in [-0.2, -0.15) is 0 Å². The fourth-order valence-corrected chi connectivity index (χ4v) is 1.83. The zero-order chi connectivity index (χ0) is 15.2. The van der Waals surface area contributed by atoms with Crippen LogP contribution in [-0.2, 0) is 6.54 Å². The molecule has 0 radical (unpaired) electrons. The van der Waals surface area contributed by atoms with Crippen LogP contribution < -0.4 is 24.7 Å². The van der Waals surface area contributed by atoms with E-state index in [-0.39, 0.29) is 0 Å². The number of benzene rings is 1. The molecular weight excluding hydrogens is 272 g/mol. The first-order valence-corrected chi connectivity index (χ1v) is 6.34. The number of hydrogen-bond donors (Lipinski definition) is 1. The highest BCUT2D eigenvalue weighted by atomic mass is 16.5. The van der Waals surface area contributed by atoms with Crippen molar-refractivity contribution < 1.29 is 18.9 Å². The molecule has 2 rings (SSSR count). The molecule has 2 N–H and O–H groups in total. The van der Waals surface area contributed by atoms with E-state index in [4.69, 9.17) is 24.7 Å². The minimum Gasteiger partial charge on any atom is -0.493 e. The average molecular weight is 290 g/mol. The molecule has 2 aromatic rings. The summed E-state index contributed by atoms with van der Waals surface area (Å²) < 4.78 is 21.5. The number of aromatic nitrogens is 1. The highest BCUT2D eigenvalue weighted by Gasteiger charge is 2.14. The lowest BCUT2D eigenvalue weighted by Gasteiger charge is -2.14. The zero-order valence-electron chi connectivity index (χ0n) is 12.3. The molecule has 0 atom stereocenters. The first-order chi connectivity index (χ1) is 10.2. The van der Waals surface area contributed by atoms with Gasteiger partial charge in [0.1, 0.15) is 5.75 Å². The molecule has 0 spiro atoms. The standard InChI is InChI=1S/C15H18N2O4/c1-18-12-6-11(7-13(19-2)15(12)20-3)21-14-5-4-10(8-16)9-17-14/h4-7,9H,8,16H2,1-3H3. The summed E-state index contributed by atoms with van der Waals surface area (Å²) in [5.41, 5.74) is 6.47. The zero-order valence-corrected chi connectivity index (χ0v) is 12.3. The van der Waals surface area contributed by atoms with Crippen molar-refractivity contribution >= 4 is 0 Å². The molecule has 0 saturated heterocycles. The number of rotatable bonds is 6. The van der Waals surface area contributed by atoms with Crippen LogP contribution >= 0.6 is 0 Å². The van der Waals surface area contributed by atoms with Gasteiger partial charge in [-0.15, -0.1) is 0 Å². The molecule has 6 nitrogen and oxygen atoms in total. The molecular formula is C15H18N2O4. The Hall–Kier alpha value is -2.47. The summed E-state index contributed by atoms with van der Waals surface area (Å²) in [6.07, 6.45) is 1.67. The number of ether oxygens (including phenoxy) is 4. The van der Waals surface area contributed by atoms with Crippen LogP contribution in [0.2, 0.25) is 0 Å². The number of hydrogen-bond acceptors (Lipinski definition) is 6. The second-order valence-electron chi connectivity index (χ2n) is 4.17. The van der Waals surface area contributed by atoms with E-state index in [1.165, 1.54) is 0 Å². The Labute approximate surface area is 123 Å². The predicted molar refractivity (Wildman–Crippen MR) is 78.3 cm³/mol. The largest absolute Gasteiger partial charge is 0.493 e. The quantitative estimate of drug-likeness (QED) is 0.880. The second kappa shape index (κ2) is 6.81. The summed E-state index contributed by atoms with van der Waals surface area (Å²) in [5, 5.41) is 0. The maximum Gasteiger partial charge on any atom is 0.219 e. The van der Waals surface area contributed by atoms with Gasteiger partial charge in [-0.1, -0.05) is 6.07 Å². The van der Waals surface area contributed by atoms with E-state index in [1.54, 1.807) is 45.7 Å². The van der Waals surface area contributed by atoms with Crippen molar-refractivity contribution in [2.45, 2.75) is 6.54 Å². The minimum absolute atomic E-state index is 0.442. The van der Waals surface area contributed by atoms with E-state index in [0.29, 0.717) is 35.4 Å². The van der Waals surface area contributed by atoms with Gasteiger partial charge < -0.3 is 24.7 Å². The molecule has 1 aromatic heterocycles. The molecule has 1 heterocycles. The van der Waals surface area contributed by atoms with Crippen LogP contribution in [-0.4, -0.2) is 26.3 Å². The van der Waals surface area contributed by atoms with Crippen molar-refractivity contribution in [3.05, 3.63) is 36.0 Å². The highest BCUT2D eigenvalue weighted by Crippen LogP contribution is 2.41. The smallest absolute Gasteiger partial charge is 0.219 e. The lowest BCUT2D eigenvalue weighted by Crippen LogP contribution is -1.98. The third-order valence-electron chi connectivity index (χ3n) is 2.89. The average Bonchev–Trinajstić information content (AvgIpc) is 2.54. The van der Waals surface area contributed by atoms with E-state index in [9.17, 15) is 0 Å². The first-order valence-electron chi connectivity index (χ1n) is 6.34. The van der Waals surface area contributed by atoms with Crippen LogP contribution in [0.25, 0.3) is 0 Å². The molecule has 0 aliphatic heterocycles. The molecule has 112 valence electrons. The predicted octanol–water partition coefficient (Wildman–Crippen LogP) is 2.36. The Morgan fingerprint density at radius 2 is 1.67 bits per heavy atom. The van der Waals surface area contributed by atoms with Crippen molar-refractivity contribution in [1.82, 2.24) is 4.98 Å². The summed E-state index contributed by atoms with van der Waals surface area (Å²) in [4.78, 5) is 4.18. The van der Waals surface area contributed by atoms with Crippen LogP contribution in [0.4, 0.5) is 0 Å². The number of nitrogens with zero attached hydrogens (tertiary/aromatic N) is 1. The maximum absolute atomic E-state index is 5.69. The molecule has 21 heavy (non-hydrogen) atoms. The molecule has 0 aliphatic rings. The third kappa shape index (κ3) is 3.35. The number of methoxy groups -OCH3 is 3. The van der Waals surface area contributed by atoms with Gasteiger partial charge in [0.15, 0.2) is 11.5 Å².